The summed E-state index contributed by atoms with van der Waals surface area (Å²) < 4.78 is 18.1. The summed E-state index contributed by atoms with van der Waals surface area (Å²) in [5, 5.41) is 0.257. The van der Waals surface area contributed by atoms with Crippen molar-refractivity contribution in [2.75, 3.05) is 13.7 Å². The van der Waals surface area contributed by atoms with Gasteiger partial charge in [0.1, 0.15) is 11.4 Å². The molecule has 0 saturated carbocycles. The molecule has 0 N–H and O–H groups in total. The minimum atomic E-state index is -1.68. The number of benzene rings is 1. The van der Waals surface area contributed by atoms with Crippen LogP contribution in [0.4, 0.5) is 0 Å². The molecule has 0 heterocycles. The van der Waals surface area contributed by atoms with Crippen LogP contribution in [-0.4, -0.2) is 27.6 Å². The Morgan fingerprint density at radius 3 is 2.48 bits per heavy atom. The van der Waals surface area contributed by atoms with Gasteiger partial charge in [0.25, 0.3) is 0 Å². The van der Waals surface area contributed by atoms with E-state index in [1.165, 1.54) is 0 Å². The van der Waals surface area contributed by atoms with Gasteiger partial charge < -0.3 is 13.9 Å². The Bertz CT molecular complexity index is 672. The molecule has 162 valence electrons. The first-order chi connectivity index (χ1) is 13.6. The molecule has 0 unspecified atom stereocenters. The van der Waals surface area contributed by atoms with E-state index in [1.807, 2.05) is 18.2 Å². The van der Waals surface area contributed by atoms with Gasteiger partial charge in [-0.15, -0.1) is 0 Å². The zero-order valence-corrected chi connectivity index (χ0v) is 20.3. The van der Waals surface area contributed by atoms with Gasteiger partial charge in [0, 0.05) is 6.61 Å². The van der Waals surface area contributed by atoms with E-state index in [1.54, 1.807) is 7.11 Å². The normalized spacial score (nSPS) is 22.5. The van der Waals surface area contributed by atoms with Crippen LogP contribution in [0.2, 0.25) is 18.1 Å². The number of allylic oxidation sites excluding steroid dienone is 1. The van der Waals surface area contributed by atoms with E-state index in [-0.39, 0.29) is 5.04 Å². The molecule has 1 aromatic carbocycles. The van der Waals surface area contributed by atoms with Gasteiger partial charge in [-0.25, -0.2) is 0 Å². The van der Waals surface area contributed by atoms with Crippen LogP contribution in [0.3, 0.4) is 0 Å². The quantitative estimate of drug-likeness (QED) is 0.236. The molecule has 2 rings (SSSR count). The smallest absolute Gasteiger partial charge is 0.191 e. The van der Waals surface area contributed by atoms with Crippen molar-refractivity contribution in [3.8, 4) is 5.75 Å². The maximum absolute atomic E-state index is 6.47. The molecule has 0 bridgehead atoms. The molecule has 0 amide bonds. The number of methoxy groups -OCH3 is 1. The van der Waals surface area contributed by atoms with Crippen LogP contribution in [0.1, 0.15) is 52.0 Å². The molecule has 1 aromatic rings. The molecule has 0 spiro atoms. The Hall–Kier alpha value is -1.36. The Balaban J connectivity index is 1.95. The summed E-state index contributed by atoms with van der Waals surface area (Å²) in [5.74, 6) is 1.30. The standard InChI is InChI=1S/C25H40O3Si/c1-8-25(27-20-21-14-16-23(26-5)17-15-21)18-10-9-12-22(25)13-11-19-28-29(6,7)24(2,3)4/h8,10,14-18,22H,1,9,11-13,19-20H2,2-7H3/t22-,25-/m1/s1. The van der Waals surface area contributed by atoms with Gasteiger partial charge >= 0.3 is 0 Å². The van der Waals surface area contributed by atoms with Crippen molar-refractivity contribution in [3.05, 3.63) is 54.6 Å². The molecular formula is C25H40O3Si. The van der Waals surface area contributed by atoms with Crippen molar-refractivity contribution in [2.45, 2.75) is 76.8 Å². The van der Waals surface area contributed by atoms with Gasteiger partial charge in [-0.1, -0.05) is 57.7 Å². The second kappa shape index (κ2) is 10.1. The van der Waals surface area contributed by atoms with Gasteiger partial charge in [-0.3, -0.25) is 0 Å². The Labute approximate surface area is 179 Å². The van der Waals surface area contributed by atoms with Gasteiger partial charge in [0.05, 0.1) is 13.7 Å². The summed E-state index contributed by atoms with van der Waals surface area (Å²) in [7, 11) is 0.00652. The van der Waals surface area contributed by atoms with E-state index in [0.29, 0.717) is 12.5 Å². The molecular weight excluding hydrogens is 376 g/mol. The molecule has 0 radical (unpaired) electrons. The van der Waals surface area contributed by atoms with Gasteiger partial charge in [0.2, 0.25) is 0 Å². The van der Waals surface area contributed by atoms with E-state index in [2.05, 4.69) is 64.7 Å². The Morgan fingerprint density at radius 1 is 1.21 bits per heavy atom. The van der Waals surface area contributed by atoms with Crippen LogP contribution in [0.5, 0.6) is 5.75 Å². The molecule has 0 saturated heterocycles. The van der Waals surface area contributed by atoms with Gasteiger partial charge in [-0.2, -0.15) is 0 Å². The largest absolute Gasteiger partial charge is 0.497 e. The summed E-state index contributed by atoms with van der Waals surface area (Å²) >= 11 is 0. The van der Waals surface area contributed by atoms with Crippen molar-refractivity contribution in [3.63, 3.8) is 0 Å². The molecule has 3 nitrogen and oxygen atoms in total. The maximum Gasteiger partial charge on any atom is 0.191 e. The monoisotopic (exact) mass is 416 g/mol. The highest BCUT2D eigenvalue weighted by molar-refractivity contribution is 6.74. The highest BCUT2D eigenvalue weighted by atomic mass is 28.4. The topological polar surface area (TPSA) is 27.7 Å². The third-order valence-corrected chi connectivity index (χ3v) is 11.2. The van der Waals surface area contributed by atoms with Crippen molar-refractivity contribution in [1.29, 1.82) is 0 Å². The third kappa shape index (κ3) is 6.31. The lowest BCUT2D eigenvalue weighted by atomic mass is 9.77. The second-order valence-electron chi connectivity index (χ2n) is 9.62. The van der Waals surface area contributed by atoms with Crippen LogP contribution in [0, 0.1) is 5.92 Å². The summed E-state index contributed by atoms with van der Waals surface area (Å²) in [4.78, 5) is 0. The fourth-order valence-electron chi connectivity index (χ4n) is 3.56. The fourth-order valence-corrected chi connectivity index (χ4v) is 4.65. The van der Waals surface area contributed by atoms with E-state index in [9.17, 15) is 0 Å². The highest BCUT2D eigenvalue weighted by Crippen LogP contribution is 2.39. The average molecular weight is 417 g/mol. The van der Waals surface area contributed by atoms with Crippen molar-refractivity contribution in [2.24, 2.45) is 5.92 Å². The molecule has 29 heavy (non-hydrogen) atoms. The van der Waals surface area contributed by atoms with Crippen LogP contribution >= 0.6 is 0 Å². The molecule has 4 heteroatoms. The molecule has 0 aliphatic heterocycles. The third-order valence-electron chi connectivity index (χ3n) is 6.63. The molecule has 0 fully saturated rings. The number of hydrogen-bond donors (Lipinski definition) is 0. The minimum Gasteiger partial charge on any atom is -0.497 e. The fraction of sp³-hybridized carbons (Fsp3) is 0.600. The van der Waals surface area contributed by atoms with Gasteiger partial charge in [-0.05, 0) is 67.4 Å². The van der Waals surface area contributed by atoms with E-state index in [4.69, 9.17) is 13.9 Å². The number of ether oxygens (including phenoxy) is 2. The first-order valence-corrected chi connectivity index (χ1v) is 13.8. The average Bonchev–Trinajstić information content (AvgIpc) is 2.70. The van der Waals surface area contributed by atoms with E-state index < -0.39 is 13.9 Å². The summed E-state index contributed by atoms with van der Waals surface area (Å²) in [6.45, 7) is 17.0. The first-order valence-electron chi connectivity index (χ1n) is 10.9. The SMILES string of the molecule is C=C[C@@]1(OCc2ccc(OC)cc2)C=CCC[C@@H]1CCCO[Si](C)(C)C(C)(C)C. The van der Waals surface area contributed by atoms with Crippen LogP contribution in [0.15, 0.2) is 49.1 Å². The van der Waals surface area contributed by atoms with Crippen LogP contribution < -0.4 is 4.74 Å². The lowest BCUT2D eigenvalue weighted by Gasteiger charge is -2.39. The predicted molar refractivity (Wildman–Crippen MR) is 125 cm³/mol. The lowest BCUT2D eigenvalue weighted by Crippen LogP contribution is -2.41. The van der Waals surface area contributed by atoms with E-state index >= 15 is 0 Å². The van der Waals surface area contributed by atoms with Crippen molar-refractivity contribution >= 4 is 8.32 Å². The summed E-state index contributed by atoms with van der Waals surface area (Å²) in [5.41, 5.74) is 0.751. The second-order valence-corrected chi connectivity index (χ2v) is 14.4. The van der Waals surface area contributed by atoms with E-state index in [0.717, 1.165) is 43.6 Å². The maximum atomic E-state index is 6.47. The first kappa shape index (κ1) is 23.9. The highest BCUT2D eigenvalue weighted by Gasteiger charge is 2.38. The summed E-state index contributed by atoms with van der Waals surface area (Å²) in [6.07, 6.45) is 10.8. The zero-order valence-electron chi connectivity index (χ0n) is 19.3. The predicted octanol–water partition coefficient (Wildman–Crippen LogP) is 6.90. The lowest BCUT2D eigenvalue weighted by molar-refractivity contribution is -0.0360. The van der Waals surface area contributed by atoms with Crippen molar-refractivity contribution < 1.29 is 13.9 Å². The molecule has 1 aliphatic carbocycles. The van der Waals surface area contributed by atoms with Gasteiger partial charge in [0.15, 0.2) is 8.32 Å². The Kier molecular flexibility index (Phi) is 8.33. The van der Waals surface area contributed by atoms with Crippen LogP contribution in [0.25, 0.3) is 0 Å². The molecule has 0 aromatic heterocycles. The minimum absolute atomic E-state index is 0.257. The number of rotatable bonds is 10. The zero-order chi connectivity index (χ0) is 21.5. The van der Waals surface area contributed by atoms with Crippen LogP contribution in [-0.2, 0) is 15.8 Å². The Morgan fingerprint density at radius 2 is 1.90 bits per heavy atom. The molecule has 1 aliphatic rings. The number of hydrogen-bond acceptors (Lipinski definition) is 3. The van der Waals surface area contributed by atoms with Crippen molar-refractivity contribution in [1.82, 2.24) is 0 Å². The molecule has 2 atom stereocenters. The summed E-state index contributed by atoms with van der Waals surface area (Å²) in [6, 6.07) is 8.08.